The van der Waals surface area contributed by atoms with Crippen LogP contribution in [0.1, 0.15) is 13.3 Å². The number of rotatable bonds is 6. The molecule has 0 spiro atoms. The lowest BCUT2D eigenvalue weighted by molar-refractivity contribution is -0.120. The molecule has 5 heteroatoms. The molecule has 0 fully saturated rings. The minimum atomic E-state index is 0.0139. The van der Waals surface area contributed by atoms with Crippen LogP contribution in [-0.2, 0) is 9.63 Å². The molecule has 0 heterocycles. The highest BCUT2D eigenvalue weighted by atomic mass is 16.6. The third-order valence-corrected chi connectivity index (χ3v) is 1.39. The van der Waals surface area contributed by atoms with Crippen molar-refractivity contribution >= 4 is 11.6 Å². The van der Waals surface area contributed by atoms with E-state index in [1.54, 1.807) is 6.92 Å². The summed E-state index contributed by atoms with van der Waals surface area (Å²) in [6, 6.07) is 0. The molecule has 13 heavy (non-hydrogen) atoms. The maximum Gasteiger partial charge on any atom is 0.221 e. The van der Waals surface area contributed by atoms with Crippen molar-refractivity contribution in [1.29, 1.82) is 0 Å². The molecule has 76 valence electrons. The topological polar surface area (TPSA) is 62.7 Å². The standard InChI is InChI=1S/C8H17N3O2/c1-7(11-13-3)6-10-8(12)4-5-9-2/h9H,4-6H2,1-3H3,(H,10,12)/b11-7+. The van der Waals surface area contributed by atoms with Crippen molar-refractivity contribution in [2.75, 3.05) is 27.2 Å². The monoisotopic (exact) mass is 187 g/mol. The lowest BCUT2D eigenvalue weighted by atomic mass is 10.3. The van der Waals surface area contributed by atoms with Crippen molar-refractivity contribution < 1.29 is 9.63 Å². The van der Waals surface area contributed by atoms with Crippen LogP contribution in [0.25, 0.3) is 0 Å². The van der Waals surface area contributed by atoms with Crippen molar-refractivity contribution in [1.82, 2.24) is 10.6 Å². The Morgan fingerprint density at radius 2 is 2.23 bits per heavy atom. The van der Waals surface area contributed by atoms with E-state index in [9.17, 15) is 4.79 Å². The largest absolute Gasteiger partial charge is 0.399 e. The first-order chi connectivity index (χ1) is 6.20. The molecule has 0 radical (unpaired) electrons. The van der Waals surface area contributed by atoms with Gasteiger partial charge in [-0.15, -0.1) is 0 Å². The Kier molecular flexibility index (Phi) is 6.91. The Balaban J connectivity index is 3.51. The molecule has 0 unspecified atom stereocenters. The summed E-state index contributed by atoms with van der Waals surface area (Å²) in [6.45, 7) is 2.92. The summed E-state index contributed by atoms with van der Waals surface area (Å²) in [5.41, 5.74) is 0.750. The number of nitrogens with one attached hydrogen (secondary N) is 2. The zero-order chi connectivity index (χ0) is 10.1. The number of hydrogen-bond acceptors (Lipinski definition) is 4. The average molecular weight is 187 g/mol. The summed E-state index contributed by atoms with van der Waals surface area (Å²) in [5.74, 6) is 0.0139. The van der Waals surface area contributed by atoms with Gasteiger partial charge in [0.25, 0.3) is 0 Å². The van der Waals surface area contributed by atoms with E-state index in [0.717, 1.165) is 5.71 Å². The van der Waals surface area contributed by atoms with E-state index in [1.165, 1.54) is 7.11 Å². The minimum absolute atomic E-state index is 0.0139. The van der Waals surface area contributed by atoms with Gasteiger partial charge < -0.3 is 15.5 Å². The summed E-state index contributed by atoms with van der Waals surface area (Å²) in [5, 5.41) is 9.27. The molecule has 0 bridgehead atoms. The molecule has 0 saturated heterocycles. The molecule has 0 atom stereocenters. The summed E-state index contributed by atoms with van der Waals surface area (Å²) in [6.07, 6.45) is 0.483. The van der Waals surface area contributed by atoms with Crippen molar-refractivity contribution in [3.63, 3.8) is 0 Å². The molecule has 5 nitrogen and oxygen atoms in total. The summed E-state index contributed by atoms with van der Waals surface area (Å²) < 4.78 is 0. The molecule has 0 aromatic carbocycles. The van der Waals surface area contributed by atoms with E-state index < -0.39 is 0 Å². The van der Waals surface area contributed by atoms with Gasteiger partial charge in [-0.25, -0.2) is 0 Å². The van der Waals surface area contributed by atoms with E-state index in [1.807, 2.05) is 7.05 Å². The smallest absolute Gasteiger partial charge is 0.221 e. The first kappa shape index (κ1) is 11.9. The van der Waals surface area contributed by atoms with Gasteiger partial charge in [0.05, 0.1) is 12.3 Å². The van der Waals surface area contributed by atoms with Gasteiger partial charge in [-0.05, 0) is 14.0 Å². The predicted molar refractivity (Wildman–Crippen MR) is 51.7 cm³/mol. The lowest BCUT2D eigenvalue weighted by Crippen LogP contribution is -2.30. The van der Waals surface area contributed by atoms with Crippen molar-refractivity contribution in [2.24, 2.45) is 5.16 Å². The molecule has 0 aromatic heterocycles. The molecule has 0 rings (SSSR count). The number of carbonyl (C=O) groups excluding carboxylic acids is 1. The lowest BCUT2D eigenvalue weighted by Gasteiger charge is -2.03. The van der Waals surface area contributed by atoms with Crippen LogP contribution >= 0.6 is 0 Å². The molecule has 2 N–H and O–H groups in total. The molecular weight excluding hydrogens is 170 g/mol. The molecule has 0 aromatic rings. The van der Waals surface area contributed by atoms with Crippen LogP contribution in [0.4, 0.5) is 0 Å². The van der Waals surface area contributed by atoms with Crippen molar-refractivity contribution in [2.45, 2.75) is 13.3 Å². The van der Waals surface area contributed by atoms with Gasteiger partial charge in [-0.2, -0.15) is 0 Å². The summed E-state index contributed by atoms with van der Waals surface area (Å²) >= 11 is 0. The van der Waals surface area contributed by atoms with E-state index >= 15 is 0 Å². The molecule has 0 aliphatic heterocycles. The van der Waals surface area contributed by atoms with E-state index in [2.05, 4.69) is 20.6 Å². The molecule has 0 saturated carbocycles. The van der Waals surface area contributed by atoms with Crippen LogP contribution in [0.15, 0.2) is 5.16 Å². The fraction of sp³-hybridized carbons (Fsp3) is 0.750. The number of carbonyl (C=O) groups is 1. The fourth-order valence-corrected chi connectivity index (χ4v) is 0.742. The Labute approximate surface area is 78.5 Å². The highest BCUT2D eigenvalue weighted by molar-refractivity contribution is 5.87. The first-order valence-corrected chi connectivity index (χ1v) is 4.18. The highest BCUT2D eigenvalue weighted by Gasteiger charge is 1.99. The van der Waals surface area contributed by atoms with Crippen LogP contribution in [0.3, 0.4) is 0 Å². The van der Waals surface area contributed by atoms with Gasteiger partial charge >= 0.3 is 0 Å². The fourth-order valence-electron chi connectivity index (χ4n) is 0.742. The second-order valence-corrected chi connectivity index (χ2v) is 2.64. The molecule has 0 aliphatic rings. The predicted octanol–water partition coefficient (Wildman–Crippen LogP) is -0.266. The van der Waals surface area contributed by atoms with Gasteiger partial charge in [0, 0.05) is 13.0 Å². The summed E-state index contributed by atoms with van der Waals surface area (Å²) in [7, 11) is 3.29. The van der Waals surface area contributed by atoms with E-state index in [0.29, 0.717) is 19.5 Å². The molecule has 0 aliphatic carbocycles. The van der Waals surface area contributed by atoms with E-state index in [-0.39, 0.29) is 5.91 Å². The van der Waals surface area contributed by atoms with Crippen LogP contribution in [0, 0.1) is 0 Å². The zero-order valence-electron chi connectivity index (χ0n) is 8.39. The Hall–Kier alpha value is -1.10. The number of nitrogens with zero attached hydrogens (tertiary/aromatic N) is 1. The minimum Gasteiger partial charge on any atom is -0.399 e. The summed E-state index contributed by atoms with van der Waals surface area (Å²) in [4.78, 5) is 15.6. The molecular formula is C8H17N3O2. The SMILES string of the molecule is CNCCC(=O)NC/C(C)=N/OC. The first-order valence-electron chi connectivity index (χ1n) is 4.18. The van der Waals surface area contributed by atoms with E-state index in [4.69, 9.17) is 0 Å². The molecule has 1 amide bonds. The highest BCUT2D eigenvalue weighted by Crippen LogP contribution is 1.79. The van der Waals surface area contributed by atoms with Crippen molar-refractivity contribution in [3.05, 3.63) is 0 Å². The van der Waals surface area contributed by atoms with Crippen molar-refractivity contribution in [3.8, 4) is 0 Å². The average Bonchev–Trinajstić information content (AvgIpc) is 2.12. The Morgan fingerprint density at radius 1 is 1.54 bits per heavy atom. The number of hydrogen-bond donors (Lipinski definition) is 2. The maximum atomic E-state index is 11.1. The second-order valence-electron chi connectivity index (χ2n) is 2.64. The third-order valence-electron chi connectivity index (χ3n) is 1.39. The Bertz CT molecular complexity index is 180. The van der Waals surface area contributed by atoms with Gasteiger partial charge in [0.1, 0.15) is 7.11 Å². The Morgan fingerprint density at radius 3 is 2.77 bits per heavy atom. The third kappa shape index (κ3) is 7.27. The van der Waals surface area contributed by atoms with Gasteiger partial charge in [0.15, 0.2) is 0 Å². The quantitative estimate of drug-likeness (QED) is 0.444. The van der Waals surface area contributed by atoms with Gasteiger partial charge in [-0.1, -0.05) is 5.16 Å². The maximum absolute atomic E-state index is 11.1. The number of amides is 1. The van der Waals surface area contributed by atoms with Gasteiger partial charge in [-0.3, -0.25) is 4.79 Å². The van der Waals surface area contributed by atoms with Gasteiger partial charge in [0.2, 0.25) is 5.91 Å². The van der Waals surface area contributed by atoms with Crippen LogP contribution in [0.2, 0.25) is 0 Å². The van der Waals surface area contributed by atoms with Crippen LogP contribution < -0.4 is 10.6 Å². The second kappa shape index (κ2) is 7.54. The normalized spacial score (nSPS) is 11.2. The zero-order valence-corrected chi connectivity index (χ0v) is 8.39. The van der Waals surface area contributed by atoms with Crippen LogP contribution in [0.5, 0.6) is 0 Å². The van der Waals surface area contributed by atoms with Crippen LogP contribution in [-0.4, -0.2) is 38.9 Å². The number of oxime groups is 1.